The van der Waals surface area contributed by atoms with E-state index in [0.29, 0.717) is 56.2 Å². The van der Waals surface area contributed by atoms with E-state index in [4.69, 9.17) is 4.74 Å². The zero-order valence-electron chi connectivity index (χ0n) is 17.6. The Labute approximate surface area is 176 Å². The molecule has 2 heterocycles. The molecule has 0 spiro atoms. The van der Waals surface area contributed by atoms with Gasteiger partial charge in [-0.25, -0.2) is 5.06 Å². The van der Waals surface area contributed by atoms with Crippen LogP contribution in [-0.2, 0) is 14.3 Å². The van der Waals surface area contributed by atoms with Gasteiger partial charge in [-0.2, -0.15) is 15.0 Å². The van der Waals surface area contributed by atoms with Crippen LogP contribution in [0, 0.1) is 5.92 Å². The van der Waals surface area contributed by atoms with Crippen molar-refractivity contribution in [3.63, 3.8) is 0 Å². The van der Waals surface area contributed by atoms with Crippen molar-refractivity contribution in [3.8, 4) is 0 Å². The Morgan fingerprint density at radius 3 is 2.63 bits per heavy atom. The number of carbonyl (C=O) groups is 2. The average molecular weight is 425 g/mol. The first kappa shape index (κ1) is 23.5. The summed E-state index contributed by atoms with van der Waals surface area (Å²) in [6.07, 6.45) is 3.62. The third-order valence-electron chi connectivity index (χ3n) is 4.61. The molecule has 168 valence electrons. The zero-order valence-corrected chi connectivity index (χ0v) is 17.6. The number of carbonyl (C=O) groups excluding carboxylic acids is 2. The summed E-state index contributed by atoms with van der Waals surface area (Å²) in [7, 11) is 0. The van der Waals surface area contributed by atoms with Gasteiger partial charge in [-0.3, -0.25) is 25.6 Å². The van der Waals surface area contributed by atoms with Crippen molar-refractivity contribution in [1.29, 1.82) is 0 Å². The highest BCUT2D eigenvalue weighted by molar-refractivity contribution is 5.80. The number of morpholine rings is 1. The van der Waals surface area contributed by atoms with E-state index in [1.54, 1.807) is 0 Å². The summed E-state index contributed by atoms with van der Waals surface area (Å²) in [5, 5.41) is 13.0. The molecule has 1 aromatic heterocycles. The Morgan fingerprint density at radius 2 is 1.97 bits per heavy atom. The maximum absolute atomic E-state index is 12.6. The van der Waals surface area contributed by atoms with Crippen LogP contribution in [0.3, 0.4) is 0 Å². The predicted octanol–water partition coefficient (Wildman–Crippen LogP) is 0.627. The summed E-state index contributed by atoms with van der Waals surface area (Å²) >= 11 is 0. The highest BCUT2D eigenvalue weighted by Crippen LogP contribution is 2.15. The number of aromatic nitrogens is 3. The third-order valence-corrected chi connectivity index (χ3v) is 4.61. The molecule has 12 nitrogen and oxygen atoms in total. The molecular formula is C18H32N8O4. The van der Waals surface area contributed by atoms with Crippen LogP contribution >= 0.6 is 0 Å². The first-order valence-electron chi connectivity index (χ1n) is 10.4. The van der Waals surface area contributed by atoms with Crippen molar-refractivity contribution in [2.24, 2.45) is 5.92 Å². The van der Waals surface area contributed by atoms with Gasteiger partial charge in [0, 0.05) is 19.6 Å². The number of hydroxylamine groups is 2. The van der Waals surface area contributed by atoms with Crippen LogP contribution in [0.4, 0.5) is 17.8 Å². The number of anilines is 3. The number of amides is 2. The quantitative estimate of drug-likeness (QED) is 0.154. The van der Waals surface area contributed by atoms with Crippen LogP contribution in [-0.4, -0.2) is 76.9 Å². The predicted molar refractivity (Wildman–Crippen MR) is 111 cm³/mol. The van der Waals surface area contributed by atoms with Crippen LogP contribution < -0.4 is 21.1 Å². The first-order chi connectivity index (χ1) is 14.6. The minimum atomic E-state index is -0.562. The molecule has 1 fully saturated rings. The topological polar surface area (TPSA) is 145 Å². The van der Waals surface area contributed by atoms with Crippen molar-refractivity contribution in [2.45, 2.75) is 39.5 Å². The van der Waals surface area contributed by atoms with E-state index in [1.165, 1.54) is 0 Å². The number of nitrogens with zero attached hydrogens (tertiary/aromatic N) is 5. The van der Waals surface area contributed by atoms with Crippen molar-refractivity contribution < 1.29 is 19.5 Å². The summed E-state index contributed by atoms with van der Waals surface area (Å²) in [4.78, 5) is 38.4. The summed E-state index contributed by atoms with van der Waals surface area (Å²) in [5.74, 6) is 0.161. The van der Waals surface area contributed by atoms with Gasteiger partial charge in [0.15, 0.2) is 0 Å². The molecule has 0 unspecified atom stereocenters. The van der Waals surface area contributed by atoms with E-state index in [9.17, 15) is 14.8 Å². The van der Waals surface area contributed by atoms with Crippen LogP contribution in [0.25, 0.3) is 0 Å². The Kier molecular flexibility index (Phi) is 10.0. The highest BCUT2D eigenvalue weighted by Gasteiger charge is 2.21. The van der Waals surface area contributed by atoms with Crippen molar-refractivity contribution in [2.75, 3.05) is 55.0 Å². The number of hydrogen-bond donors (Lipinski definition) is 4. The second kappa shape index (κ2) is 12.8. The Bertz CT molecular complexity index is 672. The normalized spacial score (nSPS) is 14.7. The fraction of sp³-hybridized carbons (Fsp3) is 0.722. The average Bonchev–Trinajstić information content (AvgIpc) is 2.77. The van der Waals surface area contributed by atoms with Gasteiger partial charge < -0.3 is 15.0 Å². The Hall–Kier alpha value is -2.73. The van der Waals surface area contributed by atoms with Crippen molar-refractivity contribution in [3.05, 3.63) is 0 Å². The van der Waals surface area contributed by atoms with Crippen LogP contribution in [0.5, 0.6) is 0 Å². The molecule has 0 radical (unpaired) electrons. The number of unbranched alkanes of at least 4 members (excludes halogenated alkanes) is 2. The minimum absolute atomic E-state index is 0.0837. The molecule has 1 aliphatic heterocycles. The maximum Gasteiger partial charge on any atom is 0.248 e. The van der Waals surface area contributed by atoms with Crippen LogP contribution in [0.1, 0.15) is 39.5 Å². The molecule has 2 amide bonds. The van der Waals surface area contributed by atoms with Gasteiger partial charge in [0.1, 0.15) is 0 Å². The minimum Gasteiger partial charge on any atom is -0.378 e. The molecule has 0 aliphatic carbocycles. The summed E-state index contributed by atoms with van der Waals surface area (Å²) in [6.45, 7) is 7.06. The van der Waals surface area contributed by atoms with E-state index in [1.807, 2.05) is 11.8 Å². The number of hydrogen-bond acceptors (Lipinski definition) is 10. The van der Waals surface area contributed by atoms with Gasteiger partial charge in [0.25, 0.3) is 0 Å². The molecule has 0 aromatic carbocycles. The second-order valence-corrected chi connectivity index (χ2v) is 6.95. The maximum atomic E-state index is 12.6. The molecule has 4 N–H and O–H groups in total. The summed E-state index contributed by atoms with van der Waals surface area (Å²) in [6, 6.07) is 0. The van der Waals surface area contributed by atoms with E-state index in [-0.39, 0.29) is 24.8 Å². The zero-order chi connectivity index (χ0) is 21.8. The van der Waals surface area contributed by atoms with Crippen molar-refractivity contribution >= 4 is 30.2 Å². The fourth-order valence-electron chi connectivity index (χ4n) is 3.00. The lowest BCUT2D eigenvalue weighted by Gasteiger charge is -2.27. The number of rotatable bonds is 13. The van der Waals surface area contributed by atoms with Gasteiger partial charge in [0.2, 0.25) is 30.2 Å². The van der Waals surface area contributed by atoms with Gasteiger partial charge in [0.05, 0.1) is 25.7 Å². The molecule has 0 bridgehead atoms. The second-order valence-electron chi connectivity index (χ2n) is 6.95. The first-order valence-corrected chi connectivity index (χ1v) is 10.4. The number of hydrazine groups is 1. The van der Waals surface area contributed by atoms with Gasteiger partial charge in [-0.15, -0.1) is 0 Å². The summed E-state index contributed by atoms with van der Waals surface area (Å²) in [5.41, 5.74) is 5.33. The van der Waals surface area contributed by atoms with E-state index < -0.39 is 5.92 Å². The molecule has 12 heteroatoms. The standard InChI is InChI=1S/C18H32N8O4/c1-3-5-6-7-14(12-26(29)13-27)15(28)23-24-17-20-16(19-4-2)21-18(22-17)25-8-10-30-11-9-25/h13-14,29H,3-12H2,1-2H3,(H,23,28)(H2,19,20,21,22,24)/t14-/m0/s1. The molecular weight excluding hydrogens is 392 g/mol. The number of ether oxygens (including phenoxy) is 1. The van der Waals surface area contributed by atoms with Gasteiger partial charge in [-0.05, 0) is 13.3 Å². The van der Waals surface area contributed by atoms with Crippen LogP contribution in [0.2, 0.25) is 0 Å². The molecule has 1 atom stereocenters. The smallest absolute Gasteiger partial charge is 0.248 e. The van der Waals surface area contributed by atoms with E-state index in [0.717, 1.165) is 19.3 Å². The number of nitrogens with one attached hydrogen (secondary N) is 3. The lowest BCUT2D eigenvalue weighted by atomic mass is 10.0. The summed E-state index contributed by atoms with van der Waals surface area (Å²) < 4.78 is 5.37. The Balaban J connectivity index is 2.05. The highest BCUT2D eigenvalue weighted by atomic mass is 16.5. The monoisotopic (exact) mass is 424 g/mol. The van der Waals surface area contributed by atoms with Crippen LogP contribution in [0.15, 0.2) is 0 Å². The van der Waals surface area contributed by atoms with Gasteiger partial charge in [-0.1, -0.05) is 26.2 Å². The molecule has 1 aromatic rings. The molecule has 0 saturated carbocycles. The lowest BCUT2D eigenvalue weighted by Crippen LogP contribution is -2.41. The van der Waals surface area contributed by atoms with E-state index >= 15 is 0 Å². The molecule has 1 aliphatic rings. The lowest BCUT2D eigenvalue weighted by molar-refractivity contribution is -0.154. The molecule has 1 saturated heterocycles. The fourth-order valence-corrected chi connectivity index (χ4v) is 3.00. The van der Waals surface area contributed by atoms with E-state index in [2.05, 4.69) is 38.0 Å². The molecule has 30 heavy (non-hydrogen) atoms. The van der Waals surface area contributed by atoms with Crippen molar-refractivity contribution in [1.82, 2.24) is 25.4 Å². The largest absolute Gasteiger partial charge is 0.378 e. The SMILES string of the molecule is CCCCC[C@@H](CN(O)C=O)C(=O)NNc1nc(NCC)nc(N2CCOCC2)n1. The third kappa shape index (κ3) is 7.59. The Morgan fingerprint density at radius 1 is 1.23 bits per heavy atom. The van der Waals surface area contributed by atoms with Gasteiger partial charge >= 0.3 is 0 Å². The molecule has 2 rings (SSSR count).